The topological polar surface area (TPSA) is 91.6 Å². The number of carbonyl (C=O) groups is 2. The summed E-state index contributed by atoms with van der Waals surface area (Å²) in [5.41, 5.74) is 5.52. The van der Waals surface area contributed by atoms with E-state index in [2.05, 4.69) is 15.5 Å². The number of nitrogens with one attached hydrogen (secondary N) is 1. The number of aromatic nitrogens is 1. The molecule has 6 nitrogen and oxygen atoms in total. The summed E-state index contributed by atoms with van der Waals surface area (Å²) in [5, 5.41) is 13.6. The van der Waals surface area contributed by atoms with Crippen LogP contribution in [0.5, 0.6) is 0 Å². The van der Waals surface area contributed by atoms with Gasteiger partial charge in [0.2, 0.25) is 0 Å². The number of hydrogen-bond acceptors (Lipinski definition) is 4. The van der Waals surface area contributed by atoms with Crippen molar-refractivity contribution in [2.24, 2.45) is 5.10 Å². The standard InChI is InChI=1S/C24H16FN3O3/c25-18-11-9-16(10-12-18)22-13-20(19-3-1-2-4-21(19)27-22)23(29)28-26-14-15-5-7-17(8-6-15)24(30)31/h1-14H,(H,28,29)(H,30,31). The number of carboxylic acids is 1. The van der Waals surface area contributed by atoms with E-state index in [-0.39, 0.29) is 11.4 Å². The molecule has 0 unspecified atom stereocenters. The van der Waals surface area contributed by atoms with Gasteiger partial charge in [0.1, 0.15) is 5.82 Å². The van der Waals surface area contributed by atoms with Crippen LogP contribution in [-0.4, -0.2) is 28.2 Å². The summed E-state index contributed by atoms with van der Waals surface area (Å²) in [6.45, 7) is 0. The van der Waals surface area contributed by atoms with Gasteiger partial charge in [-0.2, -0.15) is 5.10 Å². The molecule has 0 saturated heterocycles. The number of carbonyl (C=O) groups excluding carboxylic acids is 1. The summed E-state index contributed by atoms with van der Waals surface area (Å²) < 4.78 is 13.3. The molecule has 0 aliphatic carbocycles. The van der Waals surface area contributed by atoms with Crippen LogP contribution in [0, 0.1) is 5.82 Å². The number of amides is 1. The van der Waals surface area contributed by atoms with Gasteiger partial charge in [-0.3, -0.25) is 4.79 Å². The summed E-state index contributed by atoms with van der Waals surface area (Å²) in [4.78, 5) is 28.3. The number of carboxylic acid groups (broad SMARTS) is 1. The average Bonchev–Trinajstić information content (AvgIpc) is 2.79. The largest absolute Gasteiger partial charge is 0.478 e. The van der Waals surface area contributed by atoms with Crippen molar-refractivity contribution in [3.63, 3.8) is 0 Å². The lowest BCUT2D eigenvalue weighted by molar-refractivity contribution is 0.0696. The molecule has 1 aromatic heterocycles. The Bertz CT molecular complexity index is 1300. The Kier molecular flexibility index (Phi) is 5.49. The van der Waals surface area contributed by atoms with E-state index in [0.717, 1.165) is 0 Å². The van der Waals surface area contributed by atoms with Crippen LogP contribution in [0.2, 0.25) is 0 Å². The molecule has 0 atom stereocenters. The van der Waals surface area contributed by atoms with Gasteiger partial charge >= 0.3 is 5.97 Å². The fourth-order valence-corrected chi connectivity index (χ4v) is 3.07. The quantitative estimate of drug-likeness (QED) is 0.372. The molecular weight excluding hydrogens is 397 g/mol. The third kappa shape index (κ3) is 4.45. The Morgan fingerprint density at radius 1 is 0.968 bits per heavy atom. The van der Waals surface area contributed by atoms with Crippen molar-refractivity contribution in [1.82, 2.24) is 10.4 Å². The lowest BCUT2D eigenvalue weighted by Gasteiger charge is -2.09. The van der Waals surface area contributed by atoms with Crippen molar-refractivity contribution in [1.29, 1.82) is 0 Å². The molecule has 0 radical (unpaired) electrons. The Morgan fingerprint density at radius 2 is 1.68 bits per heavy atom. The van der Waals surface area contributed by atoms with Crippen molar-refractivity contribution in [2.45, 2.75) is 0 Å². The summed E-state index contributed by atoms with van der Waals surface area (Å²) in [5.74, 6) is -1.80. The minimum atomic E-state index is -1.02. The SMILES string of the molecule is O=C(O)c1ccc(C=NNC(=O)c2cc(-c3ccc(F)cc3)nc3ccccc23)cc1. The Labute approximate surface area is 176 Å². The highest BCUT2D eigenvalue weighted by atomic mass is 19.1. The van der Waals surface area contributed by atoms with Gasteiger partial charge < -0.3 is 5.11 Å². The van der Waals surface area contributed by atoms with Crippen molar-refractivity contribution >= 4 is 29.0 Å². The number of benzene rings is 3. The van der Waals surface area contributed by atoms with Crippen LogP contribution in [0.15, 0.2) is 84.0 Å². The number of nitrogens with zero attached hydrogens (tertiary/aromatic N) is 2. The first-order valence-electron chi connectivity index (χ1n) is 9.34. The van der Waals surface area contributed by atoms with Crippen LogP contribution < -0.4 is 5.43 Å². The monoisotopic (exact) mass is 413 g/mol. The van der Waals surface area contributed by atoms with Gasteiger partial charge in [-0.1, -0.05) is 30.3 Å². The van der Waals surface area contributed by atoms with Crippen LogP contribution in [0.25, 0.3) is 22.2 Å². The molecule has 152 valence electrons. The second kappa shape index (κ2) is 8.54. The third-order valence-electron chi connectivity index (χ3n) is 4.64. The minimum Gasteiger partial charge on any atom is -0.478 e. The second-order valence-corrected chi connectivity index (χ2v) is 6.71. The molecule has 0 fully saturated rings. The van der Waals surface area contributed by atoms with Crippen LogP contribution in [-0.2, 0) is 0 Å². The van der Waals surface area contributed by atoms with Crippen LogP contribution in [0.3, 0.4) is 0 Å². The third-order valence-corrected chi connectivity index (χ3v) is 4.64. The Balaban J connectivity index is 1.62. The number of aromatic carboxylic acids is 1. The molecule has 4 rings (SSSR count). The van der Waals surface area contributed by atoms with Gasteiger partial charge in [-0.05, 0) is 54.1 Å². The maximum absolute atomic E-state index is 13.3. The van der Waals surface area contributed by atoms with Crippen LogP contribution >= 0.6 is 0 Å². The van der Waals surface area contributed by atoms with Crippen molar-refractivity contribution in [2.75, 3.05) is 0 Å². The summed E-state index contributed by atoms with van der Waals surface area (Å²) in [7, 11) is 0. The molecule has 0 saturated carbocycles. The normalized spacial score (nSPS) is 11.0. The van der Waals surface area contributed by atoms with Crippen molar-refractivity contribution < 1.29 is 19.1 Å². The van der Waals surface area contributed by atoms with Crippen LogP contribution in [0.4, 0.5) is 4.39 Å². The van der Waals surface area contributed by atoms with E-state index in [0.29, 0.717) is 33.3 Å². The lowest BCUT2D eigenvalue weighted by atomic mass is 10.0. The highest BCUT2D eigenvalue weighted by Crippen LogP contribution is 2.25. The fourth-order valence-electron chi connectivity index (χ4n) is 3.07. The van der Waals surface area contributed by atoms with E-state index in [1.807, 2.05) is 12.1 Å². The Morgan fingerprint density at radius 3 is 2.39 bits per heavy atom. The first-order valence-corrected chi connectivity index (χ1v) is 9.34. The smallest absolute Gasteiger partial charge is 0.335 e. The van der Waals surface area contributed by atoms with Gasteiger partial charge in [-0.15, -0.1) is 0 Å². The number of fused-ring (bicyclic) bond motifs is 1. The summed E-state index contributed by atoms with van der Waals surface area (Å²) in [6.07, 6.45) is 1.42. The lowest BCUT2D eigenvalue weighted by Crippen LogP contribution is -2.18. The van der Waals surface area contributed by atoms with Gasteiger partial charge in [0, 0.05) is 10.9 Å². The molecule has 31 heavy (non-hydrogen) atoms. The van der Waals surface area contributed by atoms with Gasteiger partial charge in [0.15, 0.2) is 0 Å². The molecule has 1 heterocycles. The first kappa shape index (κ1) is 19.9. The van der Waals surface area contributed by atoms with Gasteiger partial charge in [-0.25, -0.2) is 19.6 Å². The maximum Gasteiger partial charge on any atom is 0.335 e. The fraction of sp³-hybridized carbons (Fsp3) is 0. The molecule has 2 N–H and O–H groups in total. The molecular formula is C24H16FN3O3. The molecule has 0 aliphatic heterocycles. The Hall–Kier alpha value is -4.39. The molecule has 4 aromatic rings. The minimum absolute atomic E-state index is 0.165. The average molecular weight is 413 g/mol. The van der Waals surface area contributed by atoms with Gasteiger partial charge in [0.05, 0.1) is 28.6 Å². The summed E-state index contributed by atoms with van der Waals surface area (Å²) >= 11 is 0. The second-order valence-electron chi connectivity index (χ2n) is 6.71. The first-order chi connectivity index (χ1) is 15.0. The zero-order chi connectivity index (χ0) is 21.8. The molecule has 0 spiro atoms. The number of para-hydroxylation sites is 1. The van der Waals surface area contributed by atoms with Crippen molar-refractivity contribution in [3.8, 4) is 11.3 Å². The molecule has 7 heteroatoms. The molecule has 1 amide bonds. The zero-order valence-electron chi connectivity index (χ0n) is 16.1. The van der Waals surface area contributed by atoms with E-state index < -0.39 is 11.9 Å². The number of hydrazone groups is 1. The molecule has 3 aromatic carbocycles. The molecule has 0 bridgehead atoms. The summed E-state index contributed by atoms with van der Waals surface area (Å²) in [6, 6.07) is 20.8. The van der Waals surface area contributed by atoms with E-state index in [9.17, 15) is 14.0 Å². The highest BCUT2D eigenvalue weighted by Gasteiger charge is 2.13. The van der Waals surface area contributed by atoms with Crippen molar-refractivity contribution in [3.05, 3.63) is 101 Å². The predicted octanol–water partition coefficient (Wildman–Crippen LogP) is 4.50. The molecule has 0 aliphatic rings. The van der Waals surface area contributed by atoms with E-state index >= 15 is 0 Å². The van der Waals surface area contributed by atoms with E-state index in [1.54, 1.807) is 42.5 Å². The number of rotatable bonds is 5. The number of halogens is 1. The van der Waals surface area contributed by atoms with Gasteiger partial charge in [0.25, 0.3) is 5.91 Å². The zero-order valence-corrected chi connectivity index (χ0v) is 16.1. The number of hydrogen-bond donors (Lipinski definition) is 2. The predicted molar refractivity (Wildman–Crippen MR) is 116 cm³/mol. The van der Waals surface area contributed by atoms with Crippen LogP contribution in [0.1, 0.15) is 26.3 Å². The number of pyridine rings is 1. The highest BCUT2D eigenvalue weighted by molar-refractivity contribution is 6.07. The van der Waals surface area contributed by atoms with E-state index in [4.69, 9.17) is 5.11 Å². The van der Waals surface area contributed by atoms with E-state index in [1.165, 1.54) is 30.5 Å². The maximum atomic E-state index is 13.3.